The quantitative estimate of drug-likeness (QED) is 0.774. The minimum absolute atomic E-state index is 0.473. The fourth-order valence-corrected chi connectivity index (χ4v) is 3.75. The summed E-state index contributed by atoms with van der Waals surface area (Å²) in [6.07, 6.45) is 1.26. The Balaban J connectivity index is 1.93. The second kappa shape index (κ2) is 7.15. The Morgan fingerprint density at radius 2 is 2.14 bits per heavy atom. The van der Waals surface area contributed by atoms with Crippen LogP contribution < -0.4 is 5.32 Å². The van der Waals surface area contributed by atoms with Gasteiger partial charge in [0.05, 0.1) is 11.1 Å². The molecule has 0 spiro atoms. The predicted molar refractivity (Wildman–Crippen MR) is 87.8 cm³/mol. The van der Waals surface area contributed by atoms with Gasteiger partial charge in [0.2, 0.25) is 0 Å². The molecule has 6 heteroatoms. The van der Waals surface area contributed by atoms with Crippen LogP contribution in [0.1, 0.15) is 32.4 Å². The van der Waals surface area contributed by atoms with E-state index in [2.05, 4.69) is 21.7 Å². The lowest BCUT2D eigenvalue weighted by Gasteiger charge is -2.26. The number of thiophene rings is 1. The Morgan fingerprint density at radius 3 is 2.71 bits per heavy atom. The zero-order valence-corrected chi connectivity index (χ0v) is 13.9. The molecular formula is C15H20N2O2S2. The van der Waals surface area contributed by atoms with Crippen LogP contribution in [-0.4, -0.2) is 22.6 Å². The molecule has 21 heavy (non-hydrogen) atoms. The highest BCUT2D eigenvalue weighted by Crippen LogP contribution is 2.27. The molecule has 0 saturated carbocycles. The van der Waals surface area contributed by atoms with Crippen molar-refractivity contribution in [3.05, 3.63) is 27.9 Å². The van der Waals surface area contributed by atoms with Crippen LogP contribution in [0.2, 0.25) is 0 Å². The first-order valence-electron chi connectivity index (χ1n) is 7.02. The van der Waals surface area contributed by atoms with Gasteiger partial charge in [-0.3, -0.25) is 4.79 Å². The number of carbonyl (C=O) groups is 1. The molecular weight excluding hydrogens is 304 g/mol. The van der Waals surface area contributed by atoms with Gasteiger partial charge < -0.3 is 10.4 Å². The zero-order chi connectivity index (χ0) is 15.3. The number of rotatable bonds is 8. The third-order valence-corrected chi connectivity index (χ3v) is 5.52. The number of thiazole rings is 1. The van der Waals surface area contributed by atoms with Gasteiger partial charge in [0, 0.05) is 29.4 Å². The van der Waals surface area contributed by atoms with Crippen molar-refractivity contribution in [3.8, 4) is 10.6 Å². The predicted octanol–water partition coefficient (Wildman–Crippen LogP) is 3.85. The topological polar surface area (TPSA) is 62.2 Å². The Bertz CT molecular complexity index is 574. The summed E-state index contributed by atoms with van der Waals surface area (Å²) in [7, 11) is 0. The molecule has 0 atom stereocenters. The molecule has 2 aromatic rings. The molecule has 0 aromatic carbocycles. The van der Waals surface area contributed by atoms with E-state index in [-0.39, 0.29) is 0 Å². The lowest BCUT2D eigenvalue weighted by Crippen LogP contribution is -2.40. The van der Waals surface area contributed by atoms with Gasteiger partial charge in [0.25, 0.3) is 0 Å². The summed E-state index contributed by atoms with van der Waals surface area (Å²) in [4.78, 5) is 16.0. The van der Waals surface area contributed by atoms with Crippen LogP contribution >= 0.6 is 22.7 Å². The molecule has 0 aliphatic heterocycles. The summed E-state index contributed by atoms with van der Waals surface area (Å²) in [5.41, 5.74) is 1.44. The number of aromatic nitrogens is 1. The number of aliphatic carboxylic acids is 1. The first-order valence-corrected chi connectivity index (χ1v) is 8.84. The van der Waals surface area contributed by atoms with E-state index in [0.717, 1.165) is 16.3 Å². The number of carboxylic acids is 1. The molecule has 0 aliphatic carbocycles. The van der Waals surface area contributed by atoms with Crippen LogP contribution in [0.4, 0.5) is 0 Å². The van der Waals surface area contributed by atoms with E-state index in [1.54, 1.807) is 22.7 Å². The van der Waals surface area contributed by atoms with Crippen molar-refractivity contribution in [3.63, 3.8) is 0 Å². The minimum atomic E-state index is -0.725. The van der Waals surface area contributed by atoms with Crippen molar-refractivity contribution in [1.29, 1.82) is 0 Å². The number of hydrogen-bond acceptors (Lipinski definition) is 5. The normalized spacial score (nSPS) is 11.7. The van der Waals surface area contributed by atoms with Gasteiger partial charge in [-0.1, -0.05) is 13.8 Å². The summed E-state index contributed by atoms with van der Waals surface area (Å²) < 4.78 is 0. The summed E-state index contributed by atoms with van der Waals surface area (Å²) in [5.74, 6) is -0.725. The number of carboxylic acid groups (broad SMARTS) is 1. The highest BCUT2D eigenvalue weighted by Gasteiger charge is 2.34. The molecule has 2 aromatic heterocycles. The Morgan fingerprint density at radius 1 is 1.38 bits per heavy atom. The van der Waals surface area contributed by atoms with Crippen LogP contribution in [-0.2, 0) is 11.3 Å². The van der Waals surface area contributed by atoms with E-state index in [4.69, 9.17) is 0 Å². The third kappa shape index (κ3) is 3.70. The van der Waals surface area contributed by atoms with Crippen molar-refractivity contribution in [2.75, 3.05) is 6.54 Å². The molecule has 0 fully saturated rings. The summed E-state index contributed by atoms with van der Waals surface area (Å²) in [6.45, 7) is 4.93. The second-order valence-electron chi connectivity index (χ2n) is 5.05. The SMILES string of the molecule is CCC(CC)(CNCc1csc(-c2ccsc2)n1)C(=O)O. The van der Waals surface area contributed by atoms with E-state index < -0.39 is 11.4 Å². The monoisotopic (exact) mass is 324 g/mol. The van der Waals surface area contributed by atoms with Crippen molar-refractivity contribution in [2.24, 2.45) is 5.41 Å². The molecule has 2 rings (SSSR count). The van der Waals surface area contributed by atoms with Crippen LogP contribution in [0.3, 0.4) is 0 Å². The van der Waals surface area contributed by atoms with Crippen LogP contribution in [0.25, 0.3) is 10.6 Å². The van der Waals surface area contributed by atoms with Crippen LogP contribution in [0, 0.1) is 5.41 Å². The van der Waals surface area contributed by atoms with Crippen molar-refractivity contribution in [1.82, 2.24) is 10.3 Å². The van der Waals surface area contributed by atoms with E-state index in [1.807, 2.05) is 24.6 Å². The molecule has 2 heterocycles. The van der Waals surface area contributed by atoms with Gasteiger partial charge in [-0.05, 0) is 24.3 Å². The standard InChI is InChI=1S/C15H20N2O2S2/c1-3-15(4-2,14(18)19)10-16-7-12-9-21-13(17-12)11-5-6-20-8-11/h5-6,8-9,16H,3-4,7,10H2,1-2H3,(H,18,19). The summed E-state index contributed by atoms with van der Waals surface area (Å²) >= 11 is 3.28. The fourth-order valence-electron chi connectivity index (χ4n) is 2.21. The fraction of sp³-hybridized carbons (Fsp3) is 0.467. The van der Waals surface area contributed by atoms with Gasteiger partial charge in [-0.2, -0.15) is 11.3 Å². The molecule has 114 valence electrons. The lowest BCUT2D eigenvalue weighted by atomic mass is 9.82. The van der Waals surface area contributed by atoms with Gasteiger partial charge in [-0.15, -0.1) is 11.3 Å². The molecule has 0 unspecified atom stereocenters. The average Bonchev–Trinajstić information content (AvgIpc) is 3.14. The maximum atomic E-state index is 11.4. The molecule has 4 nitrogen and oxygen atoms in total. The Labute approximate surface area is 132 Å². The van der Waals surface area contributed by atoms with Crippen LogP contribution in [0.15, 0.2) is 22.2 Å². The highest BCUT2D eigenvalue weighted by molar-refractivity contribution is 7.14. The number of nitrogens with zero attached hydrogens (tertiary/aromatic N) is 1. The largest absolute Gasteiger partial charge is 0.481 e. The Kier molecular flexibility index (Phi) is 5.50. The summed E-state index contributed by atoms with van der Waals surface area (Å²) in [6, 6.07) is 2.06. The second-order valence-corrected chi connectivity index (χ2v) is 6.69. The van der Waals surface area contributed by atoms with E-state index in [1.165, 1.54) is 0 Å². The van der Waals surface area contributed by atoms with Gasteiger partial charge in [0.15, 0.2) is 0 Å². The van der Waals surface area contributed by atoms with Crippen molar-refractivity contribution >= 4 is 28.6 Å². The van der Waals surface area contributed by atoms with E-state index in [0.29, 0.717) is 25.9 Å². The highest BCUT2D eigenvalue weighted by atomic mass is 32.1. The Hall–Kier alpha value is -1.24. The van der Waals surface area contributed by atoms with Gasteiger partial charge >= 0.3 is 5.97 Å². The smallest absolute Gasteiger partial charge is 0.310 e. The van der Waals surface area contributed by atoms with Crippen molar-refractivity contribution in [2.45, 2.75) is 33.2 Å². The average molecular weight is 324 g/mol. The molecule has 0 radical (unpaired) electrons. The first kappa shape index (κ1) is 16.1. The summed E-state index contributed by atoms with van der Waals surface area (Å²) in [5, 5.41) is 19.8. The maximum Gasteiger partial charge on any atom is 0.310 e. The zero-order valence-electron chi connectivity index (χ0n) is 12.3. The molecule has 0 amide bonds. The number of nitrogens with one attached hydrogen (secondary N) is 1. The van der Waals surface area contributed by atoms with Crippen molar-refractivity contribution < 1.29 is 9.90 Å². The van der Waals surface area contributed by atoms with Gasteiger partial charge in [0.1, 0.15) is 5.01 Å². The van der Waals surface area contributed by atoms with E-state index >= 15 is 0 Å². The van der Waals surface area contributed by atoms with E-state index in [9.17, 15) is 9.90 Å². The van der Waals surface area contributed by atoms with Gasteiger partial charge in [-0.25, -0.2) is 4.98 Å². The third-order valence-electron chi connectivity index (χ3n) is 3.90. The lowest BCUT2D eigenvalue weighted by molar-refractivity contribution is -0.149. The molecule has 2 N–H and O–H groups in total. The molecule has 0 aliphatic rings. The molecule has 0 saturated heterocycles. The molecule has 0 bridgehead atoms. The number of hydrogen-bond donors (Lipinski definition) is 2. The minimum Gasteiger partial charge on any atom is -0.481 e. The first-order chi connectivity index (χ1) is 10.1. The van der Waals surface area contributed by atoms with Crippen LogP contribution in [0.5, 0.6) is 0 Å². The maximum absolute atomic E-state index is 11.4.